The number of aromatic nitrogens is 2. The van der Waals surface area contributed by atoms with Crippen LogP contribution in [0, 0.1) is 6.92 Å². The maximum absolute atomic E-state index is 10.8. The van der Waals surface area contributed by atoms with Gasteiger partial charge in [0.2, 0.25) is 0 Å². The van der Waals surface area contributed by atoms with E-state index in [9.17, 15) is 4.79 Å². The molecule has 1 heterocycles. The number of primary amides is 1. The summed E-state index contributed by atoms with van der Waals surface area (Å²) in [6.07, 6.45) is 0.531. The molecule has 1 amide bonds. The predicted molar refractivity (Wildman–Crippen MR) is 56.8 cm³/mol. The third kappa shape index (κ3) is 2.08. The highest BCUT2D eigenvalue weighted by molar-refractivity contribution is 5.87. The van der Waals surface area contributed by atoms with Crippen molar-refractivity contribution < 1.29 is 9.32 Å². The summed E-state index contributed by atoms with van der Waals surface area (Å²) in [7, 11) is 0. The van der Waals surface area contributed by atoms with Crippen molar-refractivity contribution in [3.05, 3.63) is 47.1 Å². The van der Waals surface area contributed by atoms with Crippen LogP contribution in [0.3, 0.4) is 0 Å². The summed E-state index contributed by atoms with van der Waals surface area (Å²) in [5.41, 5.74) is 7.26. The van der Waals surface area contributed by atoms with Crippen molar-refractivity contribution in [1.29, 1.82) is 0 Å². The average molecular weight is 217 g/mol. The highest BCUT2D eigenvalue weighted by Crippen LogP contribution is 2.11. The third-order valence-electron chi connectivity index (χ3n) is 2.29. The van der Waals surface area contributed by atoms with Gasteiger partial charge in [0.1, 0.15) is 0 Å². The Hall–Kier alpha value is -2.17. The second-order valence-electron chi connectivity index (χ2n) is 3.48. The molecule has 1 aromatic heterocycles. The van der Waals surface area contributed by atoms with E-state index in [1.165, 1.54) is 0 Å². The van der Waals surface area contributed by atoms with Gasteiger partial charge in [-0.15, -0.1) is 0 Å². The highest BCUT2D eigenvalue weighted by Gasteiger charge is 2.11. The fourth-order valence-electron chi connectivity index (χ4n) is 1.40. The van der Waals surface area contributed by atoms with E-state index in [4.69, 9.17) is 10.3 Å². The van der Waals surface area contributed by atoms with Gasteiger partial charge in [-0.3, -0.25) is 4.79 Å². The molecule has 0 fully saturated rings. The van der Waals surface area contributed by atoms with E-state index in [1.54, 1.807) is 0 Å². The summed E-state index contributed by atoms with van der Waals surface area (Å²) < 4.78 is 4.70. The maximum atomic E-state index is 10.8. The molecule has 2 rings (SSSR count). The van der Waals surface area contributed by atoms with Crippen molar-refractivity contribution in [2.75, 3.05) is 0 Å². The fourth-order valence-corrected chi connectivity index (χ4v) is 1.40. The third-order valence-corrected chi connectivity index (χ3v) is 2.29. The molecule has 16 heavy (non-hydrogen) atoms. The molecule has 0 bridgehead atoms. The molecule has 5 heteroatoms. The van der Waals surface area contributed by atoms with E-state index in [1.807, 2.05) is 31.2 Å². The van der Waals surface area contributed by atoms with E-state index in [0.29, 0.717) is 12.2 Å². The largest absolute Gasteiger partial charge is 0.361 e. The SMILES string of the molecule is Cc1ccccc1Cc1noc(C(N)=O)n1. The zero-order valence-corrected chi connectivity index (χ0v) is 8.80. The number of carbonyl (C=O) groups excluding carboxylic acids is 1. The van der Waals surface area contributed by atoms with E-state index in [2.05, 4.69) is 10.1 Å². The van der Waals surface area contributed by atoms with Crippen LogP contribution in [0.5, 0.6) is 0 Å². The van der Waals surface area contributed by atoms with E-state index in [0.717, 1.165) is 11.1 Å². The molecule has 2 N–H and O–H groups in total. The Kier molecular flexibility index (Phi) is 2.68. The van der Waals surface area contributed by atoms with Gasteiger partial charge in [0.15, 0.2) is 5.82 Å². The Morgan fingerprint density at radius 2 is 2.19 bits per heavy atom. The standard InChI is InChI=1S/C11H11N3O2/c1-7-4-2-3-5-8(7)6-9-13-11(10(12)15)16-14-9/h2-5H,6H2,1H3,(H2,12,15). The number of hydrogen-bond acceptors (Lipinski definition) is 4. The number of nitrogens with two attached hydrogens (primary N) is 1. The van der Waals surface area contributed by atoms with Gasteiger partial charge in [0, 0.05) is 6.42 Å². The molecule has 0 aliphatic heterocycles. The van der Waals surface area contributed by atoms with Crippen molar-refractivity contribution >= 4 is 5.91 Å². The molecule has 5 nitrogen and oxygen atoms in total. The van der Waals surface area contributed by atoms with Crippen LogP contribution in [-0.4, -0.2) is 16.0 Å². The molecule has 0 atom stereocenters. The molecule has 0 spiro atoms. The van der Waals surface area contributed by atoms with Crippen molar-refractivity contribution in [3.63, 3.8) is 0 Å². The molecule has 2 aromatic rings. The number of benzene rings is 1. The molecule has 0 saturated heterocycles. The van der Waals surface area contributed by atoms with E-state index < -0.39 is 5.91 Å². The van der Waals surface area contributed by atoms with Gasteiger partial charge < -0.3 is 10.3 Å². The van der Waals surface area contributed by atoms with Crippen LogP contribution >= 0.6 is 0 Å². The molecule has 0 aliphatic rings. The lowest BCUT2D eigenvalue weighted by molar-refractivity contribution is 0.0958. The van der Waals surface area contributed by atoms with Crippen LogP contribution in [0.4, 0.5) is 0 Å². The molecule has 1 aromatic carbocycles. The van der Waals surface area contributed by atoms with E-state index in [-0.39, 0.29) is 5.89 Å². The first-order chi connectivity index (χ1) is 7.66. The van der Waals surface area contributed by atoms with Crippen LogP contribution < -0.4 is 5.73 Å². The van der Waals surface area contributed by atoms with E-state index >= 15 is 0 Å². The smallest absolute Gasteiger partial charge is 0.315 e. The van der Waals surface area contributed by atoms with Crippen LogP contribution in [0.15, 0.2) is 28.8 Å². The number of rotatable bonds is 3. The minimum atomic E-state index is -0.705. The average Bonchev–Trinajstić information content (AvgIpc) is 2.70. The summed E-state index contributed by atoms with van der Waals surface area (Å²) in [6, 6.07) is 7.89. The van der Waals surface area contributed by atoms with Gasteiger partial charge in [0.05, 0.1) is 0 Å². The normalized spacial score (nSPS) is 10.3. The topological polar surface area (TPSA) is 82.0 Å². The fraction of sp³-hybridized carbons (Fsp3) is 0.182. The Morgan fingerprint density at radius 3 is 2.81 bits per heavy atom. The molecule has 0 saturated carbocycles. The predicted octanol–water partition coefficient (Wildman–Crippen LogP) is 1.07. The van der Waals surface area contributed by atoms with Gasteiger partial charge in [-0.05, 0) is 18.1 Å². The number of carbonyl (C=O) groups is 1. The minimum Gasteiger partial charge on any atom is -0.361 e. The first-order valence-corrected chi connectivity index (χ1v) is 4.83. The van der Waals surface area contributed by atoms with Crippen LogP contribution in [0.1, 0.15) is 27.6 Å². The van der Waals surface area contributed by atoms with Gasteiger partial charge >= 0.3 is 11.8 Å². The zero-order valence-electron chi connectivity index (χ0n) is 8.80. The lowest BCUT2D eigenvalue weighted by Gasteiger charge is -2.00. The number of hydrogen-bond donors (Lipinski definition) is 1. The molecular formula is C11H11N3O2. The van der Waals surface area contributed by atoms with Crippen molar-refractivity contribution in [2.45, 2.75) is 13.3 Å². The zero-order chi connectivity index (χ0) is 11.5. The van der Waals surface area contributed by atoms with Gasteiger partial charge in [-0.2, -0.15) is 4.98 Å². The molecule has 0 unspecified atom stereocenters. The van der Waals surface area contributed by atoms with Crippen LogP contribution in [0.2, 0.25) is 0 Å². The second kappa shape index (κ2) is 4.14. The lowest BCUT2D eigenvalue weighted by atomic mass is 10.1. The quantitative estimate of drug-likeness (QED) is 0.833. The Labute approximate surface area is 92.3 Å². The summed E-state index contributed by atoms with van der Waals surface area (Å²) in [5.74, 6) is -0.393. The molecule has 0 aliphatic carbocycles. The number of aryl methyl sites for hydroxylation is 1. The minimum absolute atomic E-state index is 0.149. The summed E-state index contributed by atoms with van der Waals surface area (Å²) >= 11 is 0. The first-order valence-electron chi connectivity index (χ1n) is 4.83. The Balaban J connectivity index is 2.21. The van der Waals surface area contributed by atoms with Crippen molar-refractivity contribution in [1.82, 2.24) is 10.1 Å². The molecule has 82 valence electrons. The van der Waals surface area contributed by atoms with Crippen molar-refractivity contribution in [3.8, 4) is 0 Å². The Morgan fingerprint density at radius 1 is 1.44 bits per heavy atom. The van der Waals surface area contributed by atoms with Crippen LogP contribution in [-0.2, 0) is 6.42 Å². The molecule has 0 radical (unpaired) electrons. The van der Waals surface area contributed by atoms with Crippen molar-refractivity contribution in [2.24, 2.45) is 5.73 Å². The Bertz CT molecular complexity index is 519. The summed E-state index contributed by atoms with van der Waals surface area (Å²) in [5, 5.41) is 3.69. The van der Waals surface area contributed by atoms with Gasteiger partial charge in [0.25, 0.3) is 0 Å². The number of amides is 1. The summed E-state index contributed by atoms with van der Waals surface area (Å²) in [6.45, 7) is 2.00. The maximum Gasteiger partial charge on any atom is 0.315 e. The monoisotopic (exact) mass is 217 g/mol. The first kappa shape index (κ1) is 10.4. The van der Waals surface area contributed by atoms with Crippen LogP contribution in [0.25, 0.3) is 0 Å². The van der Waals surface area contributed by atoms with Gasteiger partial charge in [-0.1, -0.05) is 29.4 Å². The highest BCUT2D eigenvalue weighted by atomic mass is 16.5. The second-order valence-corrected chi connectivity index (χ2v) is 3.48. The number of nitrogens with zero attached hydrogens (tertiary/aromatic N) is 2. The molecular weight excluding hydrogens is 206 g/mol. The van der Waals surface area contributed by atoms with Gasteiger partial charge in [-0.25, -0.2) is 0 Å². The lowest BCUT2D eigenvalue weighted by Crippen LogP contribution is -2.11. The summed E-state index contributed by atoms with van der Waals surface area (Å²) in [4.78, 5) is 14.7.